The van der Waals surface area contributed by atoms with Gasteiger partial charge in [-0.3, -0.25) is 19.2 Å². The maximum absolute atomic E-state index is 14.1. The molecule has 1 aliphatic heterocycles. The molecule has 1 saturated carbocycles. The van der Waals surface area contributed by atoms with Gasteiger partial charge in [-0.2, -0.15) is 0 Å². The minimum atomic E-state index is -4.00. The Kier molecular flexibility index (Phi) is 9.85. The van der Waals surface area contributed by atoms with Crippen LogP contribution >= 0.6 is 23.2 Å². The number of hydrogen-bond donors (Lipinski definition) is 1. The zero-order valence-corrected chi connectivity index (χ0v) is 26.3. The topological polar surface area (TPSA) is 118 Å². The minimum Gasteiger partial charge on any atom is -0.349 e. The van der Waals surface area contributed by atoms with Crippen LogP contribution in [0.25, 0.3) is 0 Å². The Hall–Kier alpha value is -2.75. The molecule has 0 aromatic heterocycles. The molecular weight excluding hydrogens is 599 g/mol. The van der Waals surface area contributed by atoms with Crippen LogP contribution in [0.4, 0.5) is 0 Å². The molecule has 1 N–H and O–H groups in total. The number of amides is 2. The van der Waals surface area contributed by atoms with Gasteiger partial charge < -0.3 is 10.2 Å². The SMILES string of the molecule is CC[C@H](CC(=O)[C@@H]1C[C@@H](S(=O)(=O)c2ccccc2Cl)CN1C(=O)C1(c2ccc(Cl)cc2)CC1)C(=O)C(=O)NCC(C)C. The first-order chi connectivity index (χ1) is 19.8. The van der Waals surface area contributed by atoms with Crippen LogP contribution in [-0.4, -0.2) is 61.1 Å². The number of nitrogens with one attached hydrogen (secondary N) is 1. The number of carbonyl (C=O) groups is 4. The van der Waals surface area contributed by atoms with Crippen molar-refractivity contribution in [2.75, 3.05) is 13.1 Å². The second kappa shape index (κ2) is 12.9. The van der Waals surface area contributed by atoms with Gasteiger partial charge in [0, 0.05) is 30.5 Å². The van der Waals surface area contributed by atoms with Gasteiger partial charge in [-0.1, -0.05) is 68.2 Å². The lowest BCUT2D eigenvalue weighted by molar-refractivity contribution is -0.143. The molecule has 4 rings (SSSR count). The zero-order chi connectivity index (χ0) is 30.8. The van der Waals surface area contributed by atoms with E-state index in [0.717, 1.165) is 5.56 Å². The van der Waals surface area contributed by atoms with Crippen LogP contribution < -0.4 is 5.32 Å². The first kappa shape index (κ1) is 32.2. The van der Waals surface area contributed by atoms with Crippen LogP contribution in [-0.2, 0) is 34.4 Å². The molecule has 11 heteroatoms. The summed E-state index contributed by atoms with van der Waals surface area (Å²) in [6, 6.07) is 12.0. The number of sulfone groups is 1. The average Bonchev–Trinajstić information content (AvgIpc) is 3.64. The lowest BCUT2D eigenvalue weighted by Gasteiger charge is -2.29. The number of halogens is 2. The van der Waals surface area contributed by atoms with Crippen LogP contribution in [0.5, 0.6) is 0 Å². The highest BCUT2D eigenvalue weighted by Crippen LogP contribution is 2.51. The fraction of sp³-hybridized carbons (Fsp3) is 0.484. The average molecular weight is 636 g/mol. The highest BCUT2D eigenvalue weighted by atomic mass is 35.5. The van der Waals surface area contributed by atoms with Gasteiger partial charge in [-0.25, -0.2) is 8.42 Å². The van der Waals surface area contributed by atoms with Crippen molar-refractivity contribution < 1.29 is 27.6 Å². The summed E-state index contributed by atoms with van der Waals surface area (Å²) < 4.78 is 27.4. The van der Waals surface area contributed by atoms with Gasteiger partial charge in [-0.05, 0) is 61.4 Å². The summed E-state index contributed by atoms with van der Waals surface area (Å²) in [6.07, 6.45) is 0.957. The van der Waals surface area contributed by atoms with E-state index in [2.05, 4.69) is 5.32 Å². The minimum absolute atomic E-state index is 0.0561. The van der Waals surface area contributed by atoms with Crippen molar-refractivity contribution in [1.29, 1.82) is 0 Å². The Morgan fingerprint density at radius 3 is 2.24 bits per heavy atom. The van der Waals surface area contributed by atoms with E-state index in [4.69, 9.17) is 23.2 Å². The largest absolute Gasteiger partial charge is 0.349 e. The van der Waals surface area contributed by atoms with Crippen LogP contribution in [0.2, 0.25) is 10.0 Å². The highest BCUT2D eigenvalue weighted by molar-refractivity contribution is 7.92. The Bertz CT molecular complexity index is 1470. The van der Waals surface area contributed by atoms with E-state index in [9.17, 15) is 27.6 Å². The third-order valence-corrected chi connectivity index (χ3v) is 11.1. The van der Waals surface area contributed by atoms with E-state index in [1.807, 2.05) is 13.8 Å². The van der Waals surface area contributed by atoms with Gasteiger partial charge >= 0.3 is 0 Å². The van der Waals surface area contributed by atoms with Gasteiger partial charge in [0.25, 0.3) is 5.91 Å². The summed E-state index contributed by atoms with van der Waals surface area (Å²) >= 11 is 12.3. The Labute approximate surface area is 257 Å². The number of likely N-dealkylation sites (tertiary alicyclic amines) is 1. The number of benzene rings is 2. The molecule has 1 heterocycles. The first-order valence-electron chi connectivity index (χ1n) is 14.2. The predicted molar refractivity (Wildman–Crippen MR) is 161 cm³/mol. The van der Waals surface area contributed by atoms with Crippen molar-refractivity contribution in [1.82, 2.24) is 10.2 Å². The molecule has 2 aliphatic rings. The van der Waals surface area contributed by atoms with E-state index < -0.39 is 49.9 Å². The van der Waals surface area contributed by atoms with E-state index in [0.29, 0.717) is 24.4 Å². The van der Waals surface area contributed by atoms with E-state index in [1.54, 1.807) is 43.3 Å². The molecule has 2 aromatic rings. The first-order valence-corrected chi connectivity index (χ1v) is 16.5. The summed E-state index contributed by atoms with van der Waals surface area (Å²) in [5.41, 5.74) is -0.118. The van der Waals surface area contributed by atoms with E-state index in [-0.39, 0.29) is 47.6 Å². The van der Waals surface area contributed by atoms with Crippen molar-refractivity contribution in [3.63, 3.8) is 0 Å². The predicted octanol–water partition coefficient (Wildman–Crippen LogP) is 4.80. The molecule has 2 aromatic carbocycles. The standard InChI is InChI=1S/C31H36Cl2N2O6S/c1-4-20(28(37)29(38)34-17-19(2)3)15-26(36)25-16-23(42(40,41)27-8-6-5-7-24(27)33)18-35(25)30(39)31(13-14-31)21-9-11-22(32)12-10-21/h5-12,19-20,23,25H,4,13-18H2,1-3H3,(H,34,38)/t20-,23-,25+/m1/s1. The molecular formula is C31H36Cl2N2O6S. The van der Waals surface area contributed by atoms with Gasteiger partial charge in [0.2, 0.25) is 11.7 Å². The molecule has 0 bridgehead atoms. The van der Waals surface area contributed by atoms with Gasteiger partial charge in [0.1, 0.15) is 0 Å². The smallest absolute Gasteiger partial charge is 0.287 e. The number of Topliss-reactive ketones (excluding diaryl/α,β-unsaturated/α-hetero) is 2. The maximum Gasteiger partial charge on any atom is 0.287 e. The summed E-state index contributed by atoms with van der Waals surface area (Å²) in [7, 11) is -4.00. The zero-order valence-electron chi connectivity index (χ0n) is 23.9. The summed E-state index contributed by atoms with van der Waals surface area (Å²) in [5.74, 6) is -2.94. The second-order valence-corrected chi connectivity index (χ2v) is 14.7. The third-order valence-electron chi connectivity index (χ3n) is 8.24. The van der Waals surface area contributed by atoms with Gasteiger partial charge in [0.05, 0.1) is 26.6 Å². The molecule has 2 fully saturated rings. The molecule has 0 radical (unpaired) electrons. The Balaban J connectivity index is 1.63. The molecule has 42 heavy (non-hydrogen) atoms. The van der Waals surface area contributed by atoms with E-state index >= 15 is 0 Å². The summed E-state index contributed by atoms with van der Waals surface area (Å²) in [5, 5.41) is 2.12. The number of rotatable bonds is 12. The van der Waals surface area contributed by atoms with Crippen LogP contribution in [0.1, 0.15) is 58.4 Å². The number of ketones is 2. The fourth-order valence-corrected chi connectivity index (χ4v) is 7.92. The lowest BCUT2D eigenvalue weighted by Crippen LogP contribution is -2.47. The van der Waals surface area contributed by atoms with Crippen LogP contribution in [0.15, 0.2) is 53.4 Å². The third kappa shape index (κ3) is 6.58. The molecule has 226 valence electrons. The number of hydrogen-bond acceptors (Lipinski definition) is 6. The molecule has 1 saturated heterocycles. The fourth-order valence-electron chi connectivity index (χ4n) is 5.57. The Morgan fingerprint density at radius 2 is 1.67 bits per heavy atom. The summed E-state index contributed by atoms with van der Waals surface area (Å²) in [6.45, 7) is 5.67. The normalized spacial score (nSPS) is 20.3. The number of carbonyl (C=O) groups excluding carboxylic acids is 4. The van der Waals surface area contributed by atoms with Gasteiger partial charge in [-0.15, -0.1) is 0 Å². The summed E-state index contributed by atoms with van der Waals surface area (Å²) in [4.78, 5) is 54.7. The Morgan fingerprint density at radius 1 is 1.02 bits per heavy atom. The van der Waals surface area contributed by atoms with Crippen molar-refractivity contribution >= 4 is 56.4 Å². The highest BCUT2D eigenvalue weighted by Gasteiger charge is 2.57. The molecule has 8 nitrogen and oxygen atoms in total. The number of nitrogens with zero attached hydrogens (tertiary/aromatic N) is 1. The second-order valence-electron chi connectivity index (χ2n) is 11.6. The van der Waals surface area contributed by atoms with Crippen LogP contribution in [0, 0.1) is 11.8 Å². The van der Waals surface area contributed by atoms with Crippen molar-refractivity contribution in [3.05, 3.63) is 64.1 Å². The molecule has 3 atom stereocenters. The molecule has 0 spiro atoms. The van der Waals surface area contributed by atoms with Gasteiger partial charge in [0.15, 0.2) is 15.6 Å². The van der Waals surface area contributed by atoms with Crippen molar-refractivity contribution in [2.45, 2.75) is 74.5 Å². The lowest BCUT2D eigenvalue weighted by atomic mass is 9.90. The monoisotopic (exact) mass is 634 g/mol. The van der Waals surface area contributed by atoms with Crippen molar-refractivity contribution in [3.8, 4) is 0 Å². The quantitative estimate of drug-likeness (QED) is 0.335. The molecule has 1 aliphatic carbocycles. The van der Waals surface area contributed by atoms with Crippen LogP contribution in [0.3, 0.4) is 0 Å². The molecule has 0 unspecified atom stereocenters. The maximum atomic E-state index is 14.1. The molecule has 2 amide bonds. The van der Waals surface area contributed by atoms with Crippen molar-refractivity contribution in [2.24, 2.45) is 11.8 Å². The van der Waals surface area contributed by atoms with E-state index in [1.165, 1.54) is 17.0 Å².